The van der Waals surface area contributed by atoms with Crippen molar-refractivity contribution >= 4 is 5.88 Å². The van der Waals surface area contributed by atoms with Gasteiger partial charge in [0.1, 0.15) is 6.07 Å². The van der Waals surface area contributed by atoms with Crippen LogP contribution in [0.15, 0.2) is 34.7 Å². The lowest BCUT2D eigenvalue weighted by Crippen LogP contribution is -2.46. The molecule has 120 valence electrons. The fraction of sp³-hybridized carbons (Fsp3) is 0.444. The second kappa shape index (κ2) is 6.84. The second-order valence-corrected chi connectivity index (χ2v) is 6.22. The van der Waals surface area contributed by atoms with E-state index in [2.05, 4.69) is 45.1 Å². The SMILES string of the molecule is CC(C)c1nc(C#N)c(N2CCN(Cc3ccccc3)CC2)o1. The van der Waals surface area contributed by atoms with Crippen molar-refractivity contribution in [1.82, 2.24) is 9.88 Å². The van der Waals surface area contributed by atoms with Gasteiger partial charge in [-0.25, -0.2) is 4.98 Å². The quantitative estimate of drug-likeness (QED) is 0.869. The Morgan fingerprint density at radius 1 is 1.17 bits per heavy atom. The van der Waals surface area contributed by atoms with Crippen LogP contribution in [-0.2, 0) is 6.54 Å². The lowest BCUT2D eigenvalue weighted by molar-refractivity contribution is 0.245. The van der Waals surface area contributed by atoms with Gasteiger partial charge in [0.25, 0.3) is 0 Å². The number of oxazole rings is 1. The van der Waals surface area contributed by atoms with Crippen LogP contribution in [-0.4, -0.2) is 36.1 Å². The van der Waals surface area contributed by atoms with Crippen LogP contribution in [0.2, 0.25) is 0 Å². The standard InChI is InChI=1S/C18H22N4O/c1-14(2)17-20-16(12-19)18(23-17)22-10-8-21(9-11-22)13-15-6-4-3-5-7-15/h3-7,14H,8-11,13H2,1-2H3. The summed E-state index contributed by atoms with van der Waals surface area (Å²) in [5.41, 5.74) is 1.74. The summed E-state index contributed by atoms with van der Waals surface area (Å²) in [4.78, 5) is 8.87. The van der Waals surface area contributed by atoms with Gasteiger partial charge in [0, 0.05) is 38.6 Å². The molecule has 0 N–H and O–H groups in total. The Bertz CT molecular complexity index is 679. The monoisotopic (exact) mass is 310 g/mol. The van der Waals surface area contributed by atoms with E-state index < -0.39 is 0 Å². The third-order valence-corrected chi connectivity index (χ3v) is 4.13. The van der Waals surface area contributed by atoms with Crippen molar-refractivity contribution in [2.75, 3.05) is 31.1 Å². The first-order valence-electron chi connectivity index (χ1n) is 8.09. The van der Waals surface area contributed by atoms with E-state index in [0.29, 0.717) is 17.5 Å². The van der Waals surface area contributed by atoms with Gasteiger partial charge in [0.15, 0.2) is 0 Å². The number of nitriles is 1. The number of piperazine rings is 1. The fourth-order valence-corrected chi connectivity index (χ4v) is 2.81. The number of hydrogen-bond acceptors (Lipinski definition) is 5. The van der Waals surface area contributed by atoms with Crippen LogP contribution >= 0.6 is 0 Å². The highest BCUT2D eigenvalue weighted by Crippen LogP contribution is 2.26. The maximum absolute atomic E-state index is 9.28. The topological polar surface area (TPSA) is 56.3 Å². The summed E-state index contributed by atoms with van der Waals surface area (Å²) in [6.45, 7) is 8.63. The molecule has 2 aromatic rings. The zero-order valence-corrected chi connectivity index (χ0v) is 13.7. The summed E-state index contributed by atoms with van der Waals surface area (Å²) in [6, 6.07) is 12.7. The highest BCUT2D eigenvalue weighted by atomic mass is 16.4. The molecule has 1 fully saturated rings. The molecule has 0 atom stereocenters. The first kappa shape index (κ1) is 15.6. The number of anilines is 1. The summed E-state index contributed by atoms with van der Waals surface area (Å²) in [5.74, 6) is 1.47. The minimum Gasteiger partial charge on any atom is -0.423 e. The Morgan fingerprint density at radius 2 is 1.87 bits per heavy atom. The number of aromatic nitrogens is 1. The number of hydrogen-bond donors (Lipinski definition) is 0. The summed E-state index contributed by atoms with van der Waals surface area (Å²) in [7, 11) is 0. The summed E-state index contributed by atoms with van der Waals surface area (Å²) >= 11 is 0. The van der Waals surface area contributed by atoms with Gasteiger partial charge in [0.05, 0.1) is 0 Å². The minimum atomic E-state index is 0.190. The average Bonchev–Trinajstić information content (AvgIpc) is 3.01. The molecule has 1 aromatic carbocycles. The molecule has 0 aliphatic carbocycles. The first-order chi connectivity index (χ1) is 11.2. The van der Waals surface area contributed by atoms with Crippen LogP contribution in [0, 0.1) is 11.3 Å². The van der Waals surface area contributed by atoms with Gasteiger partial charge in [-0.15, -0.1) is 0 Å². The molecule has 0 spiro atoms. The molecule has 5 heteroatoms. The van der Waals surface area contributed by atoms with Crippen molar-refractivity contribution in [1.29, 1.82) is 5.26 Å². The molecule has 0 unspecified atom stereocenters. The van der Waals surface area contributed by atoms with Gasteiger partial charge in [-0.3, -0.25) is 4.90 Å². The van der Waals surface area contributed by atoms with Crippen molar-refractivity contribution in [3.05, 3.63) is 47.5 Å². The minimum absolute atomic E-state index is 0.190. The van der Waals surface area contributed by atoms with Gasteiger partial charge in [-0.05, 0) is 5.56 Å². The predicted octanol–water partition coefficient (Wildman–Crippen LogP) is 2.99. The van der Waals surface area contributed by atoms with E-state index in [1.807, 2.05) is 19.9 Å². The average molecular weight is 310 g/mol. The van der Waals surface area contributed by atoms with Crippen LogP contribution in [0.25, 0.3) is 0 Å². The highest BCUT2D eigenvalue weighted by molar-refractivity contribution is 5.48. The third-order valence-electron chi connectivity index (χ3n) is 4.13. The van der Waals surface area contributed by atoms with Crippen LogP contribution < -0.4 is 4.90 Å². The van der Waals surface area contributed by atoms with Crippen molar-refractivity contribution in [2.24, 2.45) is 0 Å². The molecule has 1 aromatic heterocycles. The van der Waals surface area contributed by atoms with Gasteiger partial charge < -0.3 is 9.32 Å². The van der Waals surface area contributed by atoms with Crippen molar-refractivity contribution in [3.8, 4) is 6.07 Å². The van der Waals surface area contributed by atoms with E-state index in [-0.39, 0.29) is 5.92 Å². The smallest absolute Gasteiger partial charge is 0.234 e. The molecular formula is C18H22N4O. The molecule has 0 radical (unpaired) electrons. The number of nitrogens with zero attached hydrogens (tertiary/aromatic N) is 4. The maximum Gasteiger partial charge on any atom is 0.234 e. The Kier molecular flexibility index (Phi) is 4.63. The highest BCUT2D eigenvalue weighted by Gasteiger charge is 2.24. The van der Waals surface area contributed by atoms with Gasteiger partial charge >= 0.3 is 0 Å². The van der Waals surface area contributed by atoms with Crippen molar-refractivity contribution in [3.63, 3.8) is 0 Å². The maximum atomic E-state index is 9.28. The van der Waals surface area contributed by atoms with Crippen LogP contribution in [0.1, 0.15) is 36.9 Å². The zero-order chi connectivity index (χ0) is 16.2. The van der Waals surface area contributed by atoms with Crippen LogP contribution in [0.3, 0.4) is 0 Å². The normalized spacial score (nSPS) is 15.8. The molecule has 0 amide bonds. The summed E-state index contributed by atoms with van der Waals surface area (Å²) in [6.07, 6.45) is 0. The predicted molar refractivity (Wildman–Crippen MR) is 89.2 cm³/mol. The zero-order valence-electron chi connectivity index (χ0n) is 13.7. The second-order valence-electron chi connectivity index (χ2n) is 6.22. The third kappa shape index (κ3) is 3.54. The Balaban J connectivity index is 1.64. The van der Waals surface area contributed by atoms with Crippen molar-refractivity contribution in [2.45, 2.75) is 26.3 Å². The van der Waals surface area contributed by atoms with E-state index >= 15 is 0 Å². The molecule has 2 heterocycles. The van der Waals surface area contributed by atoms with Crippen molar-refractivity contribution < 1.29 is 4.42 Å². The number of rotatable bonds is 4. The fourth-order valence-electron chi connectivity index (χ4n) is 2.81. The molecule has 1 aliphatic rings. The Morgan fingerprint density at radius 3 is 2.48 bits per heavy atom. The summed E-state index contributed by atoms with van der Waals surface area (Å²) in [5, 5.41) is 9.28. The number of benzene rings is 1. The van der Waals surface area contributed by atoms with Gasteiger partial charge in [0.2, 0.25) is 17.5 Å². The molecule has 1 saturated heterocycles. The molecule has 3 rings (SSSR count). The first-order valence-corrected chi connectivity index (χ1v) is 8.09. The molecule has 0 saturated carbocycles. The summed E-state index contributed by atoms with van der Waals surface area (Å²) < 4.78 is 5.83. The Labute approximate surface area is 137 Å². The molecule has 23 heavy (non-hydrogen) atoms. The van der Waals surface area contributed by atoms with E-state index in [9.17, 15) is 5.26 Å². The molecule has 5 nitrogen and oxygen atoms in total. The van der Waals surface area contributed by atoms with Crippen LogP contribution in [0.4, 0.5) is 5.88 Å². The lowest BCUT2D eigenvalue weighted by atomic mass is 10.2. The Hall–Kier alpha value is -2.32. The molecular weight excluding hydrogens is 288 g/mol. The van der Waals surface area contributed by atoms with E-state index in [1.54, 1.807) is 0 Å². The largest absolute Gasteiger partial charge is 0.423 e. The van der Waals surface area contributed by atoms with Crippen LogP contribution in [0.5, 0.6) is 0 Å². The van der Waals surface area contributed by atoms with E-state index in [4.69, 9.17) is 4.42 Å². The molecule has 0 bridgehead atoms. The van der Waals surface area contributed by atoms with Gasteiger partial charge in [-0.1, -0.05) is 44.2 Å². The molecule has 1 aliphatic heterocycles. The lowest BCUT2D eigenvalue weighted by Gasteiger charge is -2.34. The van der Waals surface area contributed by atoms with Gasteiger partial charge in [-0.2, -0.15) is 5.26 Å². The van der Waals surface area contributed by atoms with E-state index in [0.717, 1.165) is 32.7 Å². The van der Waals surface area contributed by atoms with E-state index in [1.165, 1.54) is 5.56 Å².